The highest BCUT2D eigenvalue weighted by Gasteiger charge is 2.20. The summed E-state index contributed by atoms with van der Waals surface area (Å²) in [6.07, 6.45) is 2.54. The van der Waals surface area contributed by atoms with Crippen LogP contribution in [-0.2, 0) is 9.47 Å². The Bertz CT molecular complexity index is 681. The molecule has 0 fully saturated rings. The van der Waals surface area contributed by atoms with Crippen LogP contribution in [0.25, 0.3) is 11.4 Å². The van der Waals surface area contributed by atoms with E-state index in [1.54, 1.807) is 51.2 Å². The number of esters is 1. The van der Waals surface area contributed by atoms with Gasteiger partial charge in [-0.3, -0.25) is 9.55 Å². The predicted octanol–water partition coefficient (Wildman–Crippen LogP) is 3.12. The average molecular weight is 302 g/mol. The third kappa shape index (κ3) is 3.52. The average Bonchev–Trinajstić information content (AvgIpc) is 2.94. The molecule has 0 aliphatic heterocycles. The first-order valence-corrected chi connectivity index (χ1v) is 6.77. The molecule has 0 N–H and O–H groups in total. The zero-order valence-electron chi connectivity index (χ0n) is 13.0. The second kappa shape index (κ2) is 6.01. The quantitative estimate of drug-likeness (QED) is 0.797. The van der Waals surface area contributed by atoms with Gasteiger partial charge in [0.05, 0.1) is 24.1 Å². The Kier molecular flexibility index (Phi) is 4.30. The fourth-order valence-corrected chi connectivity index (χ4v) is 1.84. The molecule has 2 heterocycles. The molecule has 0 aromatic carbocycles. The van der Waals surface area contributed by atoms with Crippen LogP contribution >= 0.6 is 0 Å². The lowest BCUT2D eigenvalue weighted by Crippen LogP contribution is -2.27. The first-order chi connectivity index (χ1) is 10.3. The van der Waals surface area contributed by atoms with Gasteiger partial charge in [0.1, 0.15) is 5.60 Å². The van der Waals surface area contributed by atoms with Crippen LogP contribution in [0.1, 0.15) is 31.1 Å². The summed E-state index contributed by atoms with van der Waals surface area (Å²) in [4.78, 5) is 27.8. The van der Waals surface area contributed by atoms with E-state index in [4.69, 9.17) is 4.74 Å². The number of ether oxygens (including phenoxy) is 2. The number of nitrogens with zero attached hydrogens (tertiary/aromatic N) is 2. The Morgan fingerprint density at radius 3 is 2.45 bits per heavy atom. The van der Waals surface area contributed by atoms with E-state index in [0.29, 0.717) is 17.0 Å². The molecule has 2 aromatic rings. The van der Waals surface area contributed by atoms with Crippen molar-refractivity contribution in [3.8, 4) is 11.4 Å². The Balaban J connectivity index is 2.29. The highest BCUT2D eigenvalue weighted by Crippen LogP contribution is 2.20. The molecule has 0 aliphatic carbocycles. The highest BCUT2D eigenvalue weighted by atomic mass is 16.6. The molecule has 2 aromatic heterocycles. The van der Waals surface area contributed by atoms with E-state index in [1.165, 1.54) is 17.9 Å². The van der Waals surface area contributed by atoms with Crippen molar-refractivity contribution in [2.45, 2.75) is 26.4 Å². The first-order valence-electron chi connectivity index (χ1n) is 6.77. The number of hydrogen-bond acceptors (Lipinski definition) is 5. The van der Waals surface area contributed by atoms with Gasteiger partial charge in [0.2, 0.25) is 0 Å². The largest absolute Gasteiger partial charge is 0.465 e. The maximum atomic E-state index is 12.2. The molecule has 116 valence electrons. The summed E-state index contributed by atoms with van der Waals surface area (Å²) in [6, 6.07) is 6.74. The molecular weight excluding hydrogens is 284 g/mol. The molecule has 0 saturated carbocycles. The van der Waals surface area contributed by atoms with E-state index in [-0.39, 0.29) is 0 Å². The fourth-order valence-electron chi connectivity index (χ4n) is 1.84. The van der Waals surface area contributed by atoms with E-state index >= 15 is 0 Å². The van der Waals surface area contributed by atoms with Crippen molar-refractivity contribution in [1.29, 1.82) is 0 Å². The van der Waals surface area contributed by atoms with Crippen LogP contribution in [0.5, 0.6) is 0 Å². The van der Waals surface area contributed by atoms with Gasteiger partial charge in [-0.2, -0.15) is 0 Å². The maximum Gasteiger partial charge on any atom is 0.419 e. The van der Waals surface area contributed by atoms with Crippen molar-refractivity contribution >= 4 is 12.1 Å². The van der Waals surface area contributed by atoms with Crippen LogP contribution in [0.15, 0.2) is 36.7 Å². The van der Waals surface area contributed by atoms with Gasteiger partial charge in [-0.05, 0) is 45.0 Å². The van der Waals surface area contributed by atoms with E-state index < -0.39 is 17.7 Å². The summed E-state index contributed by atoms with van der Waals surface area (Å²) >= 11 is 0. The van der Waals surface area contributed by atoms with Crippen LogP contribution < -0.4 is 0 Å². The molecule has 0 spiro atoms. The minimum absolute atomic E-state index is 0.349. The normalized spacial score (nSPS) is 11.1. The standard InChI is InChI=1S/C16H18N2O4/c1-16(2,3)22-15(20)18-9-5-6-13(18)12-8-7-11(10-17-12)14(19)21-4/h5-10H,1-4H3. The topological polar surface area (TPSA) is 70.4 Å². The second-order valence-electron chi connectivity index (χ2n) is 5.67. The van der Waals surface area contributed by atoms with Crippen molar-refractivity contribution < 1.29 is 19.1 Å². The van der Waals surface area contributed by atoms with E-state index in [1.807, 2.05) is 0 Å². The summed E-state index contributed by atoms with van der Waals surface area (Å²) in [5, 5.41) is 0. The molecule has 0 saturated heterocycles. The summed E-state index contributed by atoms with van der Waals surface area (Å²) in [7, 11) is 1.31. The molecule has 0 bridgehead atoms. The van der Waals surface area contributed by atoms with Gasteiger partial charge < -0.3 is 9.47 Å². The summed E-state index contributed by atoms with van der Waals surface area (Å²) in [6.45, 7) is 5.41. The van der Waals surface area contributed by atoms with Gasteiger partial charge >= 0.3 is 12.1 Å². The minimum Gasteiger partial charge on any atom is -0.465 e. The molecule has 6 nitrogen and oxygen atoms in total. The lowest BCUT2D eigenvalue weighted by atomic mass is 10.2. The van der Waals surface area contributed by atoms with Crippen LogP contribution in [0.4, 0.5) is 4.79 Å². The van der Waals surface area contributed by atoms with Crippen molar-refractivity contribution in [3.05, 3.63) is 42.2 Å². The van der Waals surface area contributed by atoms with Crippen molar-refractivity contribution in [2.24, 2.45) is 0 Å². The number of carbonyl (C=O) groups is 2. The zero-order valence-corrected chi connectivity index (χ0v) is 13.0. The SMILES string of the molecule is COC(=O)c1ccc(-c2cccn2C(=O)OC(C)(C)C)nc1. The Morgan fingerprint density at radius 2 is 1.91 bits per heavy atom. The van der Waals surface area contributed by atoms with Crippen LogP contribution in [-0.4, -0.2) is 34.3 Å². The first kappa shape index (κ1) is 15.8. The molecule has 22 heavy (non-hydrogen) atoms. The van der Waals surface area contributed by atoms with Gasteiger partial charge in [-0.25, -0.2) is 9.59 Å². The molecule has 0 atom stereocenters. The molecule has 2 rings (SSSR count). The number of rotatable bonds is 2. The smallest absolute Gasteiger partial charge is 0.419 e. The van der Waals surface area contributed by atoms with Gasteiger partial charge in [-0.1, -0.05) is 0 Å². The van der Waals surface area contributed by atoms with Crippen LogP contribution in [0, 0.1) is 0 Å². The number of aromatic nitrogens is 2. The molecular formula is C16H18N2O4. The van der Waals surface area contributed by atoms with E-state index in [0.717, 1.165) is 0 Å². The molecule has 0 aliphatic rings. The van der Waals surface area contributed by atoms with Gasteiger partial charge in [0.25, 0.3) is 0 Å². The Morgan fingerprint density at radius 1 is 1.18 bits per heavy atom. The summed E-state index contributed by atoms with van der Waals surface area (Å²) in [5.74, 6) is -0.457. The minimum atomic E-state index is -0.583. The molecule has 0 unspecified atom stereocenters. The van der Waals surface area contributed by atoms with Gasteiger partial charge in [0, 0.05) is 12.4 Å². The number of methoxy groups -OCH3 is 1. The third-order valence-electron chi connectivity index (χ3n) is 2.79. The lowest BCUT2D eigenvalue weighted by molar-refractivity contribution is 0.0538. The van der Waals surface area contributed by atoms with Crippen molar-refractivity contribution in [3.63, 3.8) is 0 Å². The predicted molar refractivity (Wildman–Crippen MR) is 80.6 cm³/mol. The van der Waals surface area contributed by atoms with Crippen molar-refractivity contribution in [1.82, 2.24) is 9.55 Å². The number of carbonyl (C=O) groups excluding carboxylic acids is 2. The van der Waals surface area contributed by atoms with Crippen LogP contribution in [0.3, 0.4) is 0 Å². The van der Waals surface area contributed by atoms with E-state index in [9.17, 15) is 9.59 Å². The summed E-state index contributed by atoms with van der Waals surface area (Å²) < 4.78 is 11.4. The number of pyridine rings is 1. The van der Waals surface area contributed by atoms with Gasteiger partial charge in [-0.15, -0.1) is 0 Å². The van der Waals surface area contributed by atoms with E-state index in [2.05, 4.69) is 9.72 Å². The molecule has 0 radical (unpaired) electrons. The van der Waals surface area contributed by atoms with Crippen molar-refractivity contribution in [2.75, 3.05) is 7.11 Å². The van der Waals surface area contributed by atoms with Crippen LogP contribution in [0.2, 0.25) is 0 Å². The monoisotopic (exact) mass is 302 g/mol. The fraction of sp³-hybridized carbons (Fsp3) is 0.312. The Hall–Kier alpha value is -2.63. The summed E-state index contributed by atoms with van der Waals surface area (Å²) in [5.41, 5.74) is 0.914. The van der Waals surface area contributed by atoms with Gasteiger partial charge in [0.15, 0.2) is 0 Å². The second-order valence-corrected chi connectivity index (χ2v) is 5.67. The zero-order chi connectivity index (χ0) is 16.3. The Labute approximate surface area is 128 Å². The number of hydrogen-bond donors (Lipinski definition) is 0. The lowest BCUT2D eigenvalue weighted by Gasteiger charge is -2.20. The third-order valence-corrected chi connectivity index (χ3v) is 2.79. The molecule has 6 heteroatoms. The highest BCUT2D eigenvalue weighted by molar-refractivity contribution is 5.89. The molecule has 0 amide bonds. The maximum absolute atomic E-state index is 12.2.